The van der Waals surface area contributed by atoms with Crippen molar-refractivity contribution >= 4 is 23.4 Å². The molecule has 0 amide bonds. The first-order valence-corrected chi connectivity index (χ1v) is 5.54. The van der Waals surface area contributed by atoms with E-state index < -0.39 is 5.92 Å². The van der Waals surface area contributed by atoms with E-state index in [1.54, 1.807) is 12.1 Å². The molecule has 6 heteroatoms. The lowest BCUT2D eigenvalue weighted by Gasteiger charge is -1.99. The Morgan fingerprint density at radius 3 is 2.60 bits per heavy atom. The molecule has 1 aromatic rings. The number of rotatable bonds is 4. The molecule has 1 heterocycles. The largest absolute Gasteiger partial charge is 0.197 e. The van der Waals surface area contributed by atoms with Crippen molar-refractivity contribution in [1.82, 2.24) is 10.2 Å². The first kappa shape index (κ1) is 11.8. The third kappa shape index (κ3) is 4.16. The van der Waals surface area contributed by atoms with Crippen LogP contribution >= 0.6 is 23.4 Å². The fraction of sp³-hybridized carbons (Fsp3) is 0.333. The minimum absolute atomic E-state index is 0.353. The number of hydrogen-bond donors (Lipinski definition) is 0. The van der Waals surface area contributed by atoms with E-state index in [-0.39, 0.29) is 0 Å². The predicted octanol–water partition coefficient (Wildman–Crippen LogP) is 2.28. The summed E-state index contributed by atoms with van der Waals surface area (Å²) in [5.41, 5.74) is 0. The van der Waals surface area contributed by atoms with Gasteiger partial charge in [0.15, 0.2) is 5.15 Å². The van der Waals surface area contributed by atoms with Gasteiger partial charge in [-0.2, -0.15) is 10.5 Å². The maximum absolute atomic E-state index is 8.53. The highest BCUT2D eigenvalue weighted by Gasteiger charge is 2.05. The number of halogens is 1. The van der Waals surface area contributed by atoms with Crippen LogP contribution in [-0.2, 0) is 0 Å². The standard InChI is InChI=1S/C9H7ClN4S/c10-8-1-2-9(14-13-8)15-4-3-7(5-11)6-12/h1-2,7H,3-4H2. The highest BCUT2D eigenvalue weighted by Crippen LogP contribution is 2.18. The monoisotopic (exact) mass is 238 g/mol. The molecule has 0 fully saturated rings. The maximum Gasteiger partial charge on any atom is 0.151 e. The maximum atomic E-state index is 8.53. The van der Waals surface area contributed by atoms with Crippen LogP contribution in [0.15, 0.2) is 17.2 Å². The molecule has 0 N–H and O–H groups in total. The Hall–Kier alpha value is -1.30. The lowest BCUT2D eigenvalue weighted by Crippen LogP contribution is -1.95. The molecule has 76 valence electrons. The highest BCUT2D eigenvalue weighted by atomic mass is 35.5. The average molecular weight is 239 g/mol. The van der Waals surface area contributed by atoms with Gasteiger partial charge in [-0.1, -0.05) is 11.6 Å². The van der Waals surface area contributed by atoms with Gasteiger partial charge in [0.2, 0.25) is 0 Å². The third-order valence-electron chi connectivity index (χ3n) is 1.58. The molecule has 15 heavy (non-hydrogen) atoms. The van der Waals surface area contributed by atoms with Gasteiger partial charge in [0.05, 0.1) is 12.1 Å². The Bertz CT molecular complexity index is 378. The Morgan fingerprint density at radius 2 is 2.07 bits per heavy atom. The quantitative estimate of drug-likeness (QED) is 0.753. The molecule has 0 aliphatic carbocycles. The first-order valence-electron chi connectivity index (χ1n) is 4.17. The highest BCUT2D eigenvalue weighted by molar-refractivity contribution is 7.99. The number of nitriles is 2. The molecule has 0 saturated carbocycles. The zero-order valence-corrected chi connectivity index (χ0v) is 9.29. The summed E-state index contributed by atoms with van der Waals surface area (Å²) in [6.45, 7) is 0. The Balaban J connectivity index is 2.36. The van der Waals surface area contributed by atoms with Crippen molar-refractivity contribution in [3.05, 3.63) is 17.3 Å². The van der Waals surface area contributed by atoms with E-state index in [4.69, 9.17) is 22.1 Å². The summed E-state index contributed by atoms with van der Waals surface area (Å²) in [4.78, 5) is 0. The fourth-order valence-corrected chi connectivity index (χ4v) is 1.75. The van der Waals surface area contributed by atoms with Gasteiger partial charge >= 0.3 is 0 Å². The van der Waals surface area contributed by atoms with Crippen LogP contribution in [-0.4, -0.2) is 16.0 Å². The van der Waals surface area contributed by atoms with Gasteiger partial charge in [0.1, 0.15) is 10.9 Å². The van der Waals surface area contributed by atoms with Gasteiger partial charge in [-0.3, -0.25) is 0 Å². The lowest BCUT2D eigenvalue weighted by atomic mass is 10.1. The minimum atomic E-state index is -0.544. The molecule has 0 aromatic carbocycles. The molecule has 0 bridgehead atoms. The number of hydrogen-bond acceptors (Lipinski definition) is 5. The van der Waals surface area contributed by atoms with Crippen LogP contribution < -0.4 is 0 Å². The van der Waals surface area contributed by atoms with Gasteiger partial charge in [-0.15, -0.1) is 22.0 Å². The molecular formula is C9H7ClN4S. The van der Waals surface area contributed by atoms with Crippen molar-refractivity contribution in [2.24, 2.45) is 5.92 Å². The van der Waals surface area contributed by atoms with Crippen molar-refractivity contribution in [2.75, 3.05) is 5.75 Å². The van der Waals surface area contributed by atoms with Crippen LogP contribution in [0.4, 0.5) is 0 Å². The van der Waals surface area contributed by atoms with Crippen LogP contribution in [0.3, 0.4) is 0 Å². The van der Waals surface area contributed by atoms with Crippen molar-refractivity contribution in [3.8, 4) is 12.1 Å². The molecule has 1 aromatic heterocycles. The number of thioether (sulfide) groups is 1. The number of aromatic nitrogens is 2. The van der Waals surface area contributed by atoms with Crippen LogP contribution in [0, 0.1) is 28.6 Å². The molecule has 0 aliphatic rings. The summed E-state index contributed by atoms with van der Waals surface area (Å²) in [6.07, 6.45) is 0.530. The SMILES string of the molecule is N#CC(C#N)CCSc1ccc(Cl)nn1. The van der Waals surface area contributed by atoms with Crippen LogP contribution in [0.1, 0.15) is 6.42 Å². The Labute approximate surface area is 96.9 Å². The molecule has 0 spiro atoms. The summed E-state index contributed by atoms with van der Waals surface area (Å²) in [5.74, 6) is 0.125. The molecular weight excluding hydrogens is 232 g/mol. The molecule has 0 unspecified atom stereocenters. The third-order valence-corrected chi connectivity index (χ3v) is 2.73. The Morgan fingerprint density at radius 1 is 1.33 bits per heavy atom. The summed E-state index contributed by atoms with van der Waals surface area (Å²) in [6, 6.07) is 7.24. The second-order valence-electron chi connectivity index (χ2n) is 2.64. The first-order chi connectivity index (χ1) is 7.26. The second-order valence-corrected chi connectivity index (χ2v) is 4.14. The van der Waals surface area contributed by atoms with E-state index >= 15 is 0 Å². The summed E-state index contributed by atoms with van der Waals surface area (Å²) in [7, 11) is 0. The van der Waals surface area contributed by atoms with Crippen molar-refractivity contribution < 1.29 is 0 Å². The molecule has 0 aliphatic heterocycles. The second kappa shape index (κ2) is 6.23. The molecule has 0 radical (unpaired) electrons. The molecule has 0 atom stereocenters. The number of nitrogens with zero attached hydrogens (tertiary/aromatic N) is 4. The normalized spacial score (nSPS) is 9.60. The van der Waals surface area contributed by atoms with E-state index in [1.165, 1.54) is 11.8 Å². The van der Waals surface area contributed by atoms with Gasteiger partial charge in [-0.25, -0.2) is 0 Å². The van der Waals surface area contributed by atoms with Gasteiger partial charge in [0, 0.05) is 5.75 Å². The Kier molecular flexibility index (Phi) is 4.89. The summed E-state index contributed by atoms with van der Waals surface area (Å²) in [5, 5.41) is 25.7. The predicted molar refractivity (Wildman–Crippen MR) is 57.1 cm³/mol. The molecule has 4 nitrogen and oxygen atoms in total. The molecule has 1 rings (SSSR count). The van der Waals surface area contributed by atoms with E-state index in [2.05, 4.69) is 10.2 Å². The van der Waals surface area contributed by atoms with Crippen molar-refractivity contribution in [3.63, 3.8) is 0 Å². The van der Waals surface area contributed by atoms with Crippen LogP contribution in [0.2, 0.25) is 5.15 Å². The molecule has 0 saturated heterocycles. The van der Waals surface area contributed by atoms with E-state index in [1.807, 2.05) is 12.1 Å². The summed E-state index contributed by atoms with van der Waals surface area (Å²) < 4.78 is 0. The van der Waals surface area contributed by atoms with Gasteiger partial charge < -0.3 is 0 Å². The van der Waals surface area contributed by atoms with Gasteiger partial charge in [-0.05, 0) is 18.6 Å². The van der Waals surface area contributed by atoms with Crippen molar-refractivity contribution in [2.45, 2.75) is 11.4 Å². The topological polar surface area (TPSA) is 73.4 Å². The lowest BCUT2D eigenvalue weighted by molar-refractivity contribution is 0.809. The smallest absolute Gasteiger partial charge is 0.151 e. The minimum Gasteiger partial charge on any atom is -0.197 e. The zero-order valence-electron chi connectivity index (χ0n) is 7.72. The van der Waals surface area contributed by atoms with Crippen molar-refractivity contribution in [1.29, 1.82) is 10.5 Å². The van der Waals surface area contributed by atoms with E-state index in [9.17, 15) is 0 Å². The fourth-order valence-electron chi connectivity index (χ4n) is 0.820. The summed E-state index contributed by atoms with van der Waals surface area (Å²) >= 11 is 7.03. The van der Waals surface area contributed by atoms with E-state index in [0.29, 0.717) is 17.3 Å². The van der Waals surface area contributed by atoms with Crippen LogP contribution in [0.25, 0.3) is 0 Å². The average Bonchev–Trinajstić information content (AvgIpc) is 2.27. The van der Waals surface area contributed by atoms with Crippen LogP contribution in [0.5, 0.6) is 0 Å². The zero-order chi connectivity index (χ0) is 11.1. The van der Waals surface area contributed by atoms with Gasteiger partial charge in [0.25, 0.3) is 0 Å². The van der Waals surface area contributed by atoms with E-state index in [0.717, 1.165) is 5.03 Å².